The summed E-state index contributed by atoms with van der Waals surface area (Å²) in [4.78, 5) is 4.86. The molecule has 0 saturated carbocycles. The Bertz CT molecular complexity index is 435. The van der Waals surface area contributed by atoms with E-state index in [-0.39, 0.29) is 11.8 Å². The summed E-state index contributed by atoms with van der Waals surface area (Å²) >= 11 is 0. The zero-order chi connectivity index (χ0) is 12.6. The van der Waals surface area contributed by atoms with Gasteiger partial charge in [0.1, 0.15) is 11.4 Å². The molecule has 0 aromatic heterocycles. The van der Waals surface area contributed by atoms with Gasteiger partial charge in [-0.1, -0.05) is 0 Å². The Morgan fingerprint density at radius 2 is 2.12 bits per heavy atom. The molecular weight excluding hydrogens is 228 g/mol. The Morgan fingerprint density at radius 3 is 2.76 bits per heavy atom. The van der Waals surface area contributed by atoms with Gasteiger partial charge in [0.15, 0.2) is 11.6 Å². The van der Waals surface area contributed by atoms with Crippen LogP contribution in [0.3, 0.4) is 0 Å². The summed E-state index contributed by atoms with van der Waals surface area (Å²) in [7, 11) is 1.47. The van der Waals surface area contributed by atoms with Crippen LogP contribution in [0.25, 0.3) is 0 Å². The van der Waals surface area contributed by atoms with E-state index in [9.17, 15) is 8.78 Å². The lowest BCUT2D eigenvalue weighted by Crippen LogP contribution is -2.39. The van der Waals surface area contributed by atoms with Crippen molar-refractivity contribution in [2.24, 2.45) is 0 Å². The lowest BCUT2D eigenvalue weighted by Gasteiger charge is -2.37. The maximum atomic E-state index is 13.7. The highest BCUT2D eigenvalue weighted by Crippen LogP contribution is 2.41. The highest BCUT2D eigenvalue weighted by atomic mass is 19.1. The minimum Gasteiger partial charge on any atom is -0.484 e. The number of benzene rings is 1. The maximum Gasteiger partial charge on any atom is 0.168 e. The zero-order valence-corrected chi connectivity index (χ0v) is 10.0. The monoisotopic (exact) mass is 243 g/mol. The number of hydroxylamine groups is 1. The molecule has 1 N–H and O–H groups in total. The number of rotatable bonds is 2. The van der Waals surface area contributed by atoms with E-state index in [1.165, 1.54) is 13.2 Å². The van der Waals surface area contributed by atoms with Crippen molar-refractivity contribution >= 4 is 0 Å². The van der Waals surface area contributed by atoms with Gasteiger partial charge in [-0.3, -0.25) is 0 Å². The first-order chi connectivity index (χ1) is 7.93. The van der Waals surface area contributed by atoms with E-state index in [1.807, 2.05) is 13.8 Å². The minimum absolute atomic E-state index is 0.0946. The number of halogens is 2. The Kier molecular flexibility index (Phi) is 3.05. The fourth-order valence-corrected chi connectivity index (χ4v) is 2.11. The molecule has 1 heterocycles. The second kappa shape index (κ2) is 4.23. The zero-order valence-electron chi connectivity index (χ0n) is 10.0. The van der Waals surface area contributed by atoms with Crippen molar-refractivity contribution in [3.8, 4) is 5.75 Å². The Labute approximate surface area is 98.7 Å². The molecule has 0 fully saturated rings. The van der Waals surface area contributed by atoms with Gasteiger partial charge in [-0.05, 0) is 19.9 Å². The fourth-order valence-electron chi connectivity index (χ4n) is 2.11. The summed E-state index contributed by atoms with van der Waals surface area (Å²) in [5.41, 5.74) is 2.66. The van der Waals surface area contributed by atoms with E-state index in [0.29, 0.717) is 12.0 Å². The molecule has 0 aliphatic carbocycles. The molecule has 1 aromatic rings. The maximum absolute atomic E-state index is 13.7. The summed E-state index contributed by atoms with van der Waals surface area (Å²) < 4.78 is 32.4. The summed E-state index contributed by atoms with van der Waals surface area (Å²) in [6, 6.07) is 1.80. The van der Waals surface area contributed by atoms with Crippen molar-refractivity contribution in [1.82, 2.24) is 5.48 Å². The van der Waals surface area contributed by atoms with Crippen molar-refractivity contribution in [3.63, 3.8) is 0 Å². The van der Waals surface area contributed by atoms with Crippen LogP contribution in [-0.2, 0) is 4.84 Å². The van der Waals surface area contributed by atoms with E-state index < -0.39 is 17.2 Å². The lowest BCUT2D eigenvalue weighted by molar-refractivity contribution is 0.000521. The first-order valence-corrected chi connectivity index (χ1v) is 5.39. The minimum atomic E-state index is -0.685. The first kappa shape index (κ1) is 12.3. The van der Waals surface area contributed by atoms with Gasteiger partial charge >= 0.3 is 0 Å². The van der Waals surface area contributed by atoms with Gasteiger partial charge < -0.3 is 9.57 Å². The summed E-state index contributed by atoms with van der Waals surface area (Å²) in [6.07, 6.45) is 0.566. The molecule has 1 aliphatic heterocycles. The van der Waals surface area contributed by atoms with Crippen LogP contribution in [0.4, 0.5) is 8.78 Å². The van der Waals surface area contributed by atoms with Crippen molar-refractivity contribution in [2.75, 3.05) is 7.11 Å². The molecule has 3 nitrogen and oxygen atoms in total. The molecule has 94 valence electrons. The summed E-state index contributed by atoms with van der Waals surface area (Å²) in [5, 5.41) is 0. The Morgan fingerprint density at radius 1 is 1.41 bits per heavy atom. The highest BCUT2D eigenvalue weighted by Gasteiger charge is 2.36. The fraction of sp³-hybridized carbons (Fsp3) is 0.500. The molecule has 1 aliphatic rings. The van der Waals surface area contributed by atoms with Crippen molar-refractivity contribution < 1.29 is 18.4 Å². The van der Waals surface area contributed by atoms with Crippen LogP contribution in [0.5, 0.6) is 5.75 Å². The molecule has 1 atom stereocenters. The predicted octanol–water partition coefficient (Wildman–Crippen LogP) is 2.72. The number of hydrogen-bond acceptors (Lipinski definition) is 3. The van der Waals surface area contributed by atoms with Gasteiger partial charge in [0.2, 0.25) is 0 Å². The van der Waals surface area contributed by atoms with Crippen molar-refractivity contribution in [1.29, 1.82) is 0 Å². The third-order valence-electron chi connectivity index (χ3n) is 2.75. The first-order valence-electron chi connectivity index (χ1n) is 5.39. The van der Waals surface area contributed by atoms with Gasteiger partial charge in [0, 0.05) is 18.1 Å². The van der Waals surface area contributed by atoms with Crippen LogP contribution in [0.15, 0.2) is 12.1 Å². The lowest BCUT2D eigenvalue weighted by atomic mass is 9.90. The third-order valence-corrected chi connectivity index (χ3v) is 2.75. The average Bonchev–Trinajstić information content (AvgIpc) is 2.19. The van der Waals surface area contributed by atoms with Gasteiger partial charge in [0.25, 0.3) is 0 Å². The Hall–Kier alpha value is -1.20. The van der Waals surface area contributed by atoms with Crippen LogP contribution in [0, 0.1) is 11.6 Å². The van der Waals surface area contributed by atoms with Gasteiger partial charge in [-0.15, -0.1) is 0 Å². The molecule has 0 saturated heterocycles. The topological polar surface area (TPSA) is 30.5 Å². The third kappa shape index (κ3) is 2.40. The predicted molar refractivity (Wildman–Crippen MR) is 58.6 cm³/mol. The number of hydrogen-bond donors (Lipinski definition) is 1. The largest absolute Gasteiger partial charge is 0.484 e. The van der Waals surface area contributed by atoms with Gasteiger partial charge in [-0.25, -0.2) is 8.78 Å². The quantitative estimate of drug-likeness (QED) is 0.810. The molecule has 1 aromatic carbocycles. The van der Waals surface area contributed by atoms with E-state index in [2.05, 4.69) is 5.48 Å². The summed E-state index contributed by atoms with van der Waals surface area (Å²) in [5.74, 6) is -1.21. The molecule has 1 unspecified atom stereocenters. The molecule has 2 rings (SSSR count). The smallest absolute Gasteiger partial charge is 0.168 e. The van der Waals surface area contributed by atoms with E-state index in [0.717, 1.165) is 6.07 Å². The second-order valence-electron chi connectivity index (χ2n) is 4.75. The number of nitrogens with one attached hydrogen (secondary N) is 1. The van der Waals surface area contributed by atoms with Crippen LogP contribution >= 0.6 is 0 Å². The van der Waals surface area contributed by atoms with E-state index in [4.69, 9.17) is 9.57 Å². The van der Waals surface area contributed by atoms with E-state index in [1.54, 1.807) is 0 Å². The molecular formula is C12H15F2NO2. The molecule has 0 bridgehead atoms. The molecule has 0 amide bonds. The molecule has 0 spiro atoms. The van der Waals surface area contributed by atoms with E-state index >= 15 is 0 Å². The van der Waals surface area contributed by atoms with Crippen LogP contribution < -0.4 is 10.2 Å². The normalized spacial score (nSPS) is 21.8. The number of ether oxygens (including phenoxy) is 1. The SMILES string of the molecule is CONC1CC(C)(C)Oc2c(F)cc(F)cc21. The van der Waals surface area contributed by atoms with Gasteiger partial charge in [-0.2, -0.15) is 5.48 Å². The van der Waals surface area contributed by atoms with Gasteiger partial charge in [0.05, 0.1) is 13.2 Å². The number of fused-ring (bicyclic) bond motifs is 1. The molecule has 0 radical (unpaired) electrons. The van der Waals surface area contributed by atoms with Crippen LogP contribution in [-0.4, -0.2) is 12.7 Å². The molecule has 5 heteroatoms. The second-order valence-corrected chi connectivity index (χ2v) is 4.75. The molecule has 17 heavy (non-hydrogen) atoms. The van der Waals surface area contributed by atoms with Crippen LogP contribution in [0.2, 0.25) is 0 Å². The van der Waals surface area contributed by atoms with Crippen molar-refractivity contribution in [3.05, 3.63) is 29.3 Å². The average molecular weight is 243 g/mol. The summed E-state index contributed by atoms with van der Waals surface area (Å²) in [6.45, 7) is 3.70. The highest BCUT2D eigenvalue weighted by molar-refractivity contribution is 5.40. The Balaban J connectivity index is 2.48. The van der Waals surface area contributed by atoms with Crippen molar-refractivity contribution in [2.45, 2.75) is 31.9 Å². The standard InChI is InChI=1S/C12H15F2NO2/c1-12(2)6-10(15-16-3)8-4-7(13)5-9(14)11(8)17-12/h4-5,10,15H,6H2,1-3H3. The van der Waals surface area contributed by atoms with Crippen LogP contribution in [0.1, 0.15) is 31.9 Å².